The van der Waals surface area contributed by atoms with Crippen LogP contribution >= 0.6 is 11.6 Å². The molecule has 0 saturated carbocycles. The van der Waals surface area contributed by atoms with Crippen molar-refractivity contribution < 1.29 is 13.9 Å². The van der Waals surface area contributed by atoms with Gasteiger partial charge in [-0.2, -0.15) is 0 Å². The minimum absolute atomic E-state index is 0.304. The van der Waals surface area contributed by atoms with Gasteiger partial charge < -0.3 is 10.1 Å². The maximum atomic E-state index is 13.5. The summed E-state index contributed by atoms with van der Waals surface area (Å²) >= 11 is 5.63. The van der Waals surface area contributed by atoms with Crippen molar-refractivity contribution in [2.24, 2.45) is 0 Å². The summed E-state index contributed by atoms with van der Waals surface area (Å²) in [6, 6.07) is 4.08. The fourth-order valence-electron chi connectivity index (χ4n) is 1.54. The van der Waals surface area contributed by atoms with E-state index in [0.717, 1.165) is 0 Å². The molecule has 1 aromatic carbocycles. The number of hydrogen-bond donors (Lipinski definition) is 1. The molecule has 0 unspecified atom stereocenters. The first-order valence-electron chi connectivity index (χ1n) is 4.55. The number of rotatable bonds is 1. The van der Waals surface area contributed by atoms with Crippen LogP contribution in [0.3, 0.4) is 0 Å². The monoisotopic (exact) mass is 229 g/mol. The number of halogens is 2. The van der Waals surface area contributed by atoms with Crippen molar-refractivity contribution >= 4 is 17.7 Å². The van der Waals surface area contributed by atoms with Crippen molar-refractivity contribution in [1.29, 1.82) is 0 Å². The van der Waals surface area contributed by atoms with Crippen LogP contribution in [0.15, 0.2) is 18.2 Å². The second kappa shape index (κ2) is 4.06. The first-order chi connectivity index (χ1) is 7.16. The van der Waals surface area contributed by atoms with Gasteiger partial charge >= 0.3 is 6.09 Å². The van der Waals surface area contributed by atoms with Gasteiger partial charge in [0.25, 0.3) is 0 Å². The van der Waals surface area contributed by atoms with Gasteiger partial charge in [0.1, 0.15) is 5.82 Å². The van der Waals surface area contributed by atoms with Gasteiger partial charge in [0.05, 0.1) is 12.6 Å². The van der Waals surface area contributed by atoms with E-state index in [2.05, 4.69) is 5.32 Å². The van der Waals surface area contributed by atoms with Crippen molar-refractivity contribution in [2.75, 3.05) is 6.61 Å². The quantitative estimate of drug-likeness (QED) is 0.804. The molecule has 1 aliphatic rings. The Morgan fingerprint density at radius 1 is 1.53 bits per heavy atom. The van der Waals surface area contributed by atoms with Crippen molar-refractivity contribution in [3.05, 3.63) is 34.6 Å². The van der Waals surface area contributed by atoms with E-state index in [4.69, 9.17) is 16.3 Å². The number of benzene rings is 1. The van der Waals surface area contributed by atoms with E-state index >= 15 is 0 Å². The molecule has 1 heterocycles. The van der Waals surface area contributed by atoms with E-state index in [1.807, 2.05) is 0 Å². The highest BCUT2D eigenvalue weighted by molar-refractivity contribution is 6.30. The Kier molecular flexibility index (Phi) is 2.77. The van der Waals surface area contributed by atoms with Gasteiger partial charge in [0.2, 0.25) is 0 Å². The Hall–Kier alpha value is -1.29. The third kappa shape index (κ3) is 2.21. The molecule has 0 spiro atoms. The molecule has 0 aliphatic carbocycles. The lowest BCUT2D eigenvalue weighted by atomic mass is 10.0. The van der Waals surface area contributed by atoms with Crippen LogP contribution in [0.5, 0.6) is 0 Å². The van der Waals surface area contributed by atoms with Crippen LogP contribution in [0.1, 0.15) is 18.0 Å². The van der Waals surface area contributed by atoms with E-state index in [1.165, 1.54) is 6.07 Å². The summed E-state index contributed by atoms with van der Waals surface area (Å²) in [6.45, 7) is 0.304. The smallest absolute Gasteiger partial charge is 0.407 e. The lowest BCUT2D eigenvalue weighted by Gasteiger charge is -2.23. The van der Waals surface area contributed by atoms with Crippen LogP contribution in [0.2, 0.25) is 5.02 Å². The van der Waals surface area contributed by atoms with Gasteiger partial charge in [-0.05, 0) is 12.1 Å². The Labute approximate surface area is 91.2 Å². The van der Waals surface area contributed by atoms with E-state index < -0.39 is 11.9 Å². The summed E-state index contributed by atoms with van der Waals surface area (Å²) in [4.78, 5) is 10.9. The summed E-state index contributed by atoms with van der Waals surface area (Å²) in [5.74, 6) is -0.408. The van der Waals surface area contributed by atoms with Crippen LogP contribution in [0, 0.1) is 5.82 Å². The van der Waals surface area contributed by atoms with Crippen molar-refractivity contribution in [3.8, 4) is 0 Å². The van der Waals surface area contributed by atoms with Gasteiger partial charge in [-0.15, -0.1) is 0 Å². The van der Waals surface area contributed by atoms with Crippen LogP contribution in [-0.4, -0.2) is 12.7 Å². The van der Waals surface area contributed by atoms with Crippen molar-refractivity contribution in [1.82, 2.24) is 5.32 Å². The number of carbonyl (C=O) groups excluding carboxylic acids is 1. The summed E-state index contributed by atoms with van der Waals surface area (Å²) in [5, 5.41) is 2.89. The zero-order valence-electron chi connectivity index (χ0n) is 7.80. The van der Waals surface area contributed by atoms with E-state index in [9.17, 15) is 9.18 Å². The first-order valence-corrected chi connectivity index (χ1v) is 4.93. The highest BCUT2D eigenvalue weighted by Gasteiger charge is 2.23. The topological polar surface area (TPSA) is 38.3 Å². The Bertz CT molecular complexity index is 397. The van der Waals surface area contributed by atoms with Crippen molar-refractivity contribution in [2.45, 2.75) is 12.5 Å². The molecule has 1 aromatic rings. The average Bonchev–Trinajstić information content (AvgIpc) is 2.17. The summed E-state index contributed by atoms with van der Waals surface area (Å²) in [7, 11) is 0. The molecule has 0 bridgehead atoms. The Morgan fingerprint density at radius 3 is 3.00 bits per heavy atom. The van der Waals surface area contributed by atoms with Crippen LogP contribution in [-0.2, 0) is 4.74 Å². The zero-order chi connectivity index (χ0) is 10.8. The highest BCUT2D eigenvalue weighted by atomic mass is 35.5. The summed E-state index contributed by atoms with van der Waals surface area (Å²) in [6.07, 6.45) is 0.0465. The molecule has 0 radical (unpaired) electrons. The molecule has 15 heavy (non-hydrogen) atoms. The number of nitrogens with one attached hydrogen (secondary N) is 1. The van der Waals surface area contributed by atoms with Gasteiger partial charge in [0, 0.05) is 17.0 Å². The van der Waals surface area contributed by atoms with E-state index in [-0.39, 0.29) is 6.04 Å². The fraction of sp³-hybridized carbons (Fsp3) is 0.300. The van der Waals surface area contributed by atoms with E-state index in [0.29, 0.717) is 23.6 Å². The van der Waals surface area contributed by atoms with E-state index in [1.54, 1.807) is 12.1 Å². The lowest BCUT2D eigenvalue weighted by Crippen LogP contribution is -2.35. The van der Waals surface area contributed by atoms with Gasteiger partial charge in [-0.25, -0.2) is 9.18 Å². The molecule has 80 valence electrons. The number of hydrogen-bond acceptors (Lipinski definition) is 2. The molecule has 1 aliphatic heterocycles. The number of ether oxygens (including phenoxy) is 1. The SMILES string of the molecule is O=C1N[C@H](c2ccc(Cl)cc2F)CCO1. The summed E-state index contributed by atoms with van der Waals surface area (Å²) in [5.41, 5.74) is 0.441. The normalized spacial score (nSPS) is 20.7. The lowest BCUT2D eigenvalue weighted by molar-refractivity contribution is 0.115. The Balaban J connectivity index is 2.24. The van der Waals surface area contributed by atoms with Crippen LogP contribution in [0.4, 0.5) is 9.18 Å². The Morgan fingerprint density at radius 2 is 2.33 bits per heavy atom. The molecule has 1 N–H and O–H groups in total. The maximum absolute atomic E-state index is 13.5. The molecule has 1 amide bonds. The predicted octanol–water partition coefficient (Wildman–Crippen LogP) is 2.65. The molecule has 0 aromatic heterocycles. The third-order valence-electron chi connectivity index (χ3n) is 2.27. The highest BCUT2D eigenvalue weighted by Crippen LogP contribution is 2.24. The fourth-order valence-corrected chi connectivity index (χ4v) is 1.70. The molecule has 1 atom stereocenters. The molecule has 3 nitrogen and oxygen atoms in total. The third-order valence-corrected chi connectivity index (χ3v) is 2.50. The summed E-state index contributed by atoms with van der Waals surface area (Å²) < 4.78 is 18.2. The molecule has 2 rings (SSSR count). The number of amides is 1. The molecule has 1 fully saturated rings. The molecule has 5 heteroatoms. The minimum Gasteiger partial charge on any atom is -0.449 e. The first kappa shape index (κ1) is 10.2. The van der Waals surface area contributed by atoms with Gasteiger partial charge in [-0.1, -0.05) is 17.7 Å². The average molecular weight is 230 g/mol. The predicted molar refractivity (Wildman–Crippen MR) is 53.3 cm³/mol. The minimum atomic E-state index is -0.513. The number of cyclic esters (lactones) is 1. The zero-order valence-corrected chi connectivity index (χ0v) is 8.55. The second-order valence-electron chi connectivity index (χ2n) is 3.29. The van der Waals surface area contributed by atoms with Gasteiger partial charge in [0.15, 0.2) is 0 Å². The number of carbonyl (C=O) groups is 1. The van der Waals surface area contributed by atoms with Crippen LogP contribution in [0.25, 0.3) is 0 Å². The van der Waals surface area contributed by atoms with Crippen LogP contribution < -0.4 is 5.32 Å². The second-order valence-corrected chi connectivity index (χ2v) is 3.72. The standard InChI is InChI=1S/C10H9ClFNO2/c11-6-1-2-7(8(12)5-6)9-3-4-15-10(14)13-9/h1-2,5,9H,3-4H2,(H,13,14)/t9-/m0/s1. The largest absolute Gasteiger partial charge is 0.449 e. The molecule has 1 saturated heterocycles. The number of alkyl carbamates (subject to hydrolysis) is 1. The maximum Gasteiger partial charge on any atom is 0.407 e. The van der Waals surface area contributed by atoms with Crippen molar-refractivity contribution in [3.63, 3.8) is 0 Å². The molecular weight excluding hydrogens is 221 g/mol. The molecular formula is C10H9ClFNO2. The van der Waals surface area contributed by atoms with Gasteiger partial charge in [-0.3, -0.25) is 0 Å².